The Kier molecular flexibility index (Phi) is 14.1. The van der Waals surface area contributed by atoms with Crippen molar-refractivity contribution in [2.75, 3.05) is 25.9 Å². The molecule has 4 rings (SSSR count). The maximum atomic E-state index is 13.0. The van der Waals surface area contributed by atoms with E-state index in [0.29, 0.717) is 0 Å². The molecule has 0 spiro atoms. The summed E-state index contributed by atoms with van der Waals surface area (Å²) < 4.78 is 16.0. The Balaban J connectivity index is 0.000000244. The van der Waals surface area contributed by atoms with E-state index < -0.39 is 0 Å². The lowest BCUT2D eigenvalue weighted by molar-refractivity contribution is 0.381. The van der Waals surface area contributed by atoms with Crippen LogP contribution in [0.5, 0.6) is 0 Å². The SMILES string of the molecule is CC.CN1C[C@@H](c2ccccc2)C(c2ccc(F)cc2)=N1.NSCCN=CNSc1ccc(Cl)cc1. The van der Waals surface area contributed by atoms with Crippen molar-refractivity contribution in [2.45, 2.75) is 24.7 Å². The molecule has 1 aliphatic rings. The number of hydrogen-bond acceptors (Lipinski definition) is 6. The van der Waals surface area contributed by atoms with Gasteiger partial charge in [0.25, 0.3) is 0 Å². The van der Waals surface area contributed by atoms with Gasteiger partial charge in [-0.25, -0.2) is 4.39 Å². The summed E-state index contributed by atoms with van der Waals surface area (Å²) in [5, 5.41) is 12.5. The van der Waals surface area contributed by atoms with E-state index in [2.05, 4.69) is 26.9 Å². The first-order valence-electron chi connectivity index (χ1n) is 11.6. The van der Waals surface area contributed by atoms with Gasteiger partial charge < -0.3 is 4.72 Å². The third kappa shape index (κ3) is 10.2. The number of hydrogen-bond donors (Lipinski definition) is 2. The molecular weight excluding hydrogens is 513 g/mol. The van der Waals surface area contributed by atoms with Crippen molar-refractivity contribution in [2.24, 2.45) is 15.2 Å². The van der Waals surface area contributed by atoms with Crippen LogP contribution < -0.4 is 9.86 Å². The minimum Gasteiger partial charge on any atom is -0.317 e. The maximum Gasteiger partial charge on any atom is 0.123 e. The molecule has 5 nitrogen and oxygen atoms in total. The highest BCUT2D eigenvalue weighted by molar-refractivity contribution is 7.98. The van der Waals surface area contributed by atoms with E-state index in [-0.39, 0.29) is 11.7 Å². The fourth-order valence-electron chi connectivity index (χ4n) is 3.28. The number of nitrogens with two attached hydrogens (primary N) is 1. The van der Waals surface area contributed by atoms with Crippen molar-refractivity contribution in [1.82, 2.24) is 9.73 Å². The summed E-state index contributed by atoms with van der Waals surface area (Å²) >= 11 is 8.55. The summed E-state index contributed by atoms with van der Waals surface area (Å²) in [4.78, 5) is 5.21. The predicted octanol–water partition coefficient (Wildman–Crippen LogP) is 6.86. The molecule has 0 bridgehead atoms. The van der Waals surface area contributed by atoms with Gasteiger partial charge in [0.1, 0.15) is 5.82 Å². The zero-order valence-electron chi connectivity index (χ0n) is 20.8. The standard InChI is InChI=1S/C16H15FN2.C9H12ClN3S2.C2H6/c1-19-11-15(12-5-3-2-4-6-12)16(18-19)13-7-9-14(17)10-8-13;10-8-1-3-9(4-2-8)15-13-7-12-5-6-14-11;1-2/h2-10,15H,11H2,1H3;1-4,7H,5-6,11H2,(H,12,13);1-2H3/t15-;;/m0../s1. The van der Waals surface area contributed by atoms with Crippen molar-refractivity contribution in [3.8, 4) is 0 Å². The number of likely N-dealkylation sites (N-methyl/N-ethyl adjacent to an activating group) is 1. The van der Waals surface area contributed by atoms with E-state index in [1.807, 2.05) is 68.4 Å². The number of nitrogens with one attached hydrogen (secondary N) is 1. The second-order valence-corrected chi connectivity index (χ2v) is 9.46. The molecule has 1 atom stereocenters. The smallest absolute Gasteiger partial charge is 0.123 e. The summed E-state index contributed by atoms with van der Waals surface area (Å²) in [6.45, 7) is 5.59. The molecule has 0 fully saturated rings. The number of nitrogens with zero attached hydrogens (tertiary/aromatic N) is 3. The van der Waals surface area contributed by atoms with Crippen molar-refractivity contribution >= 4 is 47.5 Å². The van der Waals surface area contributed by atoms with E-state index in [1.165, 1.54) is 41.6 Å². The van der Waals surface area contributed by atoms with Gasteiger partial charge in [-0.2, -0.15) is 5.10 Å². The Morgan fingerprint density at radius 2 is 1.75 bits per heavy atom. The topological polar surface area (TPSA) is 66.0 Å². The Morgan fingerprint density at radius 1 is 1.08 bits per heavy atom. The molecular formula is C27H33ClFN5S2. The lowest BCUT2D eigenvalue weighted by Gasteiger charge is -2.13. The number of hydrazone groups is 1. The van der Waals surface area contributed by atoms with Crippen LogP contribution in [-0.4, -0.2) is 42.9 Å². The van der Waals surface area contributed by atoms with Gasteiger partial charge in [0.15, 0.2) is 0 Å². The number of benzene rings is 3. The summed E-state index contributed by atoms with van der Waals surface area (Å²) in [5.41, 5.74) is 3.24. The van der Waals surface area contributed by atoms with Gasteiger partial charge in [0.05, 0.1) is 18.6 Å². The van der Waals surface area contributed by atoms with Crippen LogP contribution in [0.15, 0.2) is 93.9 Å². The molecule has 0 aromatic heterocycles. The Labute approximate surface area is 227 Å². The molecule has 0 aliphatic carbocycles. The highest BCUT2D eigenvalue weighted by Gasteiger charge is 2.27. The van der Waals surface area contributed by atoms with Crippen LogP contribution in [0.25, 0.3) is 0 Å². The molecule has 36 heavy (non-hydrogen) atoms. The van der Waals surface area contributed by atoms with Crippen LogP contribution >= 0.6 is 35.5 Å². The normalized spacial score (nSPS) is 14.4. The van der Waals surface area contributed by atoms with Crippen LogP contribution in [0.4, 0.5) is 4.39 Å². The summed E-state index contributed by atoms with van der Waals surface area (Å²) in [6, 6.07) is 24.5. The van der Waals surface area contributed by atoms with Gasteiger partial charge in [-0.05, 0) is 59.5 Å². The molecule has 3 aromatic rings. The molecule has 192 valence electrons. The molecule has 1 aliphatic heterocycles. The molecule has 3 aromatic carbocycles. The van der Waals surface area contributed by atoms with Crippen LogP contribution in [0.1, 0.15) is 30.9 Å². The van der Waals surface area contributed by atoms with Gasteiger partial charge >= 0.3 is 0 Å². The summed E-state index contributed by atoms with van der Waals surface area (Å²) in [5.74, 6) is 0.868. The van der Waals surface area contributed by atoms with Crippen LogP contribution in [0, 0.1) is 5.82 Å². The Hall–Kier alpha value is -2.52. The first kappa shape index (κ1) is 29.7. The third-order valence-corrected chi connectivity index (χ3v) is 6.27. The van der Waals surface area contributed by atoms with Crippen molar-refractivity contribution in [3.63, 3.8) is 0 Å². The molecule has 9 heteroatoms. The second-order valence-electron chi connectivity index (χ2n) is 7.38. The average Bonchev–Trinajstić information content (AvgIpc) is 3.31. The van der Waals surface area contributed by atoms with Gasteiger partial charge in [-0.1, -0.05) is 79.9 Å². The highest BCUT2D eigenvalue weighted by Crippen LogP contribution is 2.27. The molecule has 0 unspecified atom stereocenters. The molecule has 0 amide bonds. The van der Waals surface area contributed by atoms with Crippen LogP contribution in [0.2, 0.25) is 5.02 Å². The lowest BCUT2D eigenvalue weighted by atomic mass is 9.91. The molecule has 1 heterocycles. The highest BCUT2D eigenvalue weighted by atomic mass is 35.5. The van der Waals surface area contributed by atoms with E-state index in [4.69, 9.17) is 16.7 Å². The van der Waals surface area contributed by atoms with Crippen molar-refractivity contribution in [3.05, 3.63) is 101 Å². The summed E-state index contributed by atoms with van der Waals surface area (Å²) in [7, 11) is 1.96. The van der Waals surface area contributed by atoms with Gasteiger partial charge in [-0.15, -0.1) is 0 Å². The number of halogens is 2. The molecule has 3 N–H and O–H groups in total. The fraction of sp³-hybridized carbons (Fsp3) is 0.259. The molecule has 0 saturated heterocycles. The third-order valence-electron chi connectivity index (χ3n) is 4.87. The quantitative estimate of drug-likeness (QED) is 0.140. The number of aliphatic imine (C=N–C) groups is 1. The van der Waals surface area contributed by atoms with Crippen molar-refractivity contribution < 1.29 is 4.39 Å². The average molecular weight is 546 g/mol. The van der Waals surface area contributed by atoms with Gasteiger partial charge in [-0.3, -0.25) is 15.1 Å². The van der Waals surface area contributed by atoms with E-state index in [9.17, 15) is 4.39 Å². The van der Waals surface area contributed by atoms with Gasteiger partial charge in [0.2, 0.25) is 0 Å². The zero-order chi connectivity index (χ0) is 26.2. The molecule has 0 saturated carbocycles. The van der Waals surface area contributed by atoms with Crippen LogP contribution in [-0.2, 0) is 0 Å². The van der Waals surface area contributed by atoms with Crippen molar-refractivity contribution in [1.29, 1.82) is 0 Å². The first-order chi connectivity index (χ1) is 17.6. The summed E-state index contributed by atoms with van der Waals surface area (Å²) in [6.07, 6.45) is 1.68. The monoisotopic (exact) mass is 545 g/mol. The largest absolute Gasteiger partial charge is 0.317 e. The van der Waals surface area contributed by atoms with E-state index in [0.717, 1.165) is 40.0 Å². The Morgan fingerprint density at radius 3 is 2.39 bits per heavy atom. The fourth-order valence-corrected chi connectivity index (χ4v) is 4.15. The van der Waals surface area contributed by atoms with Crippen LogP contribution in [0.3, 0.4) is 0 Å². The first-order valence-corrected chi connectivity index (χ1v) is 13.9. The maximum absolute atomic E-state index is 13.0. The minimum atomic E-state index is -0.216. The van der Waals surface area contributed by atoms with Gasteiger partial charge in [0, 0.05) is 35.2 Å². The molecule has 0 radical (unpaired) electrons. The zero-order valence-corrected chi connectivity index (χ0v) is 23.2. The minimum absolute atomic E-state index is 0.216. The van der Waals surface area contributed by atoms with E-state index >= 15 is 0 Å². The number of rotatable bonds is 8. The van der Waals surface area contributed by atoms with E-state index in [1.54, 1.807) is 18.5 Å². The predicted molar refractivity (Wildman–Crippen MR) is 157 cm³/mol. The second kappa shape index (κ2) is 17.0. The lowest BCUT2D eigenvalue weighted by Crippen LogP contribution is -2.15. The Bertz CT molecular complexity index is 1060.